The summed E-state index contributed by atoms with van der Waals surface area (Å²) < 4.78 is 40.4. The molecule has 1 rings (SSSR count). The van der Waals surface area contributed by atoms with Gasteiger partial charge in [0.15, 0.2) is 0 Å². The lowest BCUT2D eigenvalue weighted by Crippen LogP contribution is -2.19. The van der Waals surface area contributed by atoms with Crippen LogP contribution in [0.5, 0.6) is 0 Å². The summed E-state index contributed by atoms with van der Waals surface area (Å²) in [5.41, 5.74) is -0.0510. The van der Waals surface area contributed by atoms with E-state index in [1.165, 1.54) is 25.7 Å². The number of hydrogen-bond acceptors (Lipinski definition) is 1. The van der Waals surface area contributed by atoms with E-state index in [0.29, 0.717) is 6.42 Å². The van der Waals surface area contributed by atoms with Gasteiger partial charge in [-0.3, -0.25) is 0 Å². The average Bonchev–Trinajstić information content (AvgIpc) is 2.43. The minimum atomic E-state index is -0.875. The van der Waals surface area contributed by atoms with Crippen LogP contribution < -0.4 is 5.32 Å². The Balaban J connectivity index is 2.45. The Bertz CT molecular complexity index is 397. The number of rotatable bonds is 10. The molecule has 1 aromatic rings. The van der Waals surface area contributed by atoms with Gasteiger partial charge in [0.2, 0.25) is 0 Å². The van der Waals surface area contributed by atoms with E-state index in [1.54, 1.807) is 7.05 Å². The Morgan fingerprint density at radius 3 is 1.95 bits per heavy atom. The molecule has 1 atom stereocenters. The lowest BCUT2D eigenvalue weighted by Gasteiger charge is -2.18. The fraction of sp³-hybridized carbons (Fsp3) is 0.647. The second kappa shape index (κ2) is 9.82. The molecule has 0 spiro atoms. The first-order valence-electron chi connectivity index (χ1n) is 7.91. The minimum Gasteiger partial charge on any atom is -0.313 e. The molecule has 4 heteroatoms. The zero-order chi connectivity index (χ0) is 15.7. The zero-order valence-electron chi connectivity index (χ0n) is 13.0. The van der Waals surface area contributed by atoms with Crippen molar-refractivity contribution in [2.75, 3.05) is 7.05 Å². The highest BCUT2D eigenvalue weighted by molar-refractivity contribution is 5.24. The predicted octanol–water partition coefficient (Wildman–Crippen LogP) is 5.51. The molecule has 0 saturated carbocycles. The largest absolute Gasteiger partial charge is 0.313 e. The van der Waals surface area contributed by atoms with E-state index >= 15 is 0 Å². The molecule has 0 aromatic heterocycles. The number of benzene rings is 1. The van der Waals surface area contributed by atoms with Crippen LogP contribution in [-0.4, -0.2) is 7.05 Å². The summed E-state index contributed by atoms with van der Waals surface area (Å²) in [5.74, 6) is -2.50. The van der Waals surface area contributed by atoms with Gasteiger partial charge in [-0.2, -0.15) is 0 Å². The molecule has 1 aromatic carbocycles. The van der Waals surface area contributed by atoms with Crippen LogP contribution in [0.15, 0.2) is 12.1 Å². The minimum absolute atomic E-state index is 0.0510. The molecular weight excluding hydrogens is 275 g/mol. The van der Waals surface area contributed by atoms with E-state index in [9.17, 15) is 13.2 Å². The molecule has 0 fully saturated rings. The van der Waals surface area contributed by atoms with Gasteiger partial charge in [-0.1, -0.05) is 51.9 Å². The average molecular weight is 301 g/mol. The highest BCUT2D eigenvalue weighted by Gasteiger charge is 2.19. The zero-order valence-corrected chi connectivity index (χ0v) is 13.0. The van der Waals surface area contributed by atoms with Gasteiger partial charge in [-0.05, 0) is 13.5 Å². The van der Waals surface area contributed by atoms with Crippen LogP contribution in [0.2, 0.25) is 0 Å². The summed E-state index contributed by atoms with van der Waals surface area (Å²) in [5, 5.41) is 2.93. The highest BCUT2D eigenvalue weighted by Crippen LogP contribution is 2.26. The fourth-order valence-electron chi connectivity index (χ4n) is 2.62. The Hall–Kier alpha value is -1.03. The quantitative estimate of drug-likeness (QED) is 0.562. The molecule has 0 bridgehead atoms. The molecule has 21 heavy (non-hydrogen) atoms. The Morgan fingerprint density at radius 2 is 1.43 bits per heavy atom. The Labute approximate surface area is 125 Å². The predicted molar refractivity (Wildman–Crippen MR) is 80.7 cm³/mol. The first kappa shape index (κ1) is 18.0. The SMILES string of the molecule is CCCCCCCCCC(NC)c1c(F)cc(F)cc1F. The van der Waals surface area contributed by atoms with E-state index in [0.717, 1.165) is 31.4 Å². The monoisotopic (exact) mass is 301 g/mol. The molecule has 1 N–H and O–H groups in total. The van der Waals surface area contributed by atoms with Crippen molar-refractivity contribution in [1.29, 1.82) is 0 Å². The van der Waals surface area contributed by atoms with Gasteiger partial charge in [0.1, 0.15) is 17.5 Å². The summed E-state index contributed by atoms with van der Waals surface area (Å²) in [6.07, 6.45) is 8.76. The smallest absolute Gasteiger partial charge is 0.133 e. The van der Waals surface area contributed by atoms with Crippen LogP contribution in [0, 0.1) is 17.5 Å². The molecular formula is C17H26F3N. The van der Waals surface area contributed by atoms with Crippen LogP contribution in [-0.2, 0) is 0 Å². The first-order chi connectivity index (χ1) is 10.1. The van der Waals surface area contributed by atoms with Crippen LogP contribution in [0.4, 0.5) is 13.2 Å². The van der Waals surface area contributed by atoms with Crippen molar-refractivity contribution < 1.29 is 13.2 Å². The van der Waals surface area contributed by atoms with E-state index < -0.39 is 23.5 Å². The van der Waals surface area contributed by atoms with Crippen molar-refractivity contribution in [2.24, 2.45) is 0 Å². The number of unbranched alkanes of at least 4 members (excludes halogenated alkanes) is 6. The third-order valence-corrected chi connectivity index (χ3v) is 3.84. The second-order valence-electron chi connectivity index (χ2n) is 5.53. The Morgan fingerprint density at radius 1 is 0.905 bits per heavy atom. The van der Waals surface area contributed by atoms with Crippen molar-refractivity contribution >= 4 is 0 Å². The standard InChI is InChI=1S/C17H26F3N/c1-3-4-5-6-7-8-9-10-16(21-2)17-14(19)11-13(18)12-15(17)20/h11-12,16,21H,3-10H2,1-2H3. The van der Waals surface area contributed by atoms with E-state index in [4.69, 9.17) is 0 Å². The van der Waals surface area contributed by atoms with Gasteiger partial charge >= 0.3 is 0 Å². The van der Waals surface area contributed by atoms with E-state index in [-0.39, 0.29) is 5.56 Å². The number of halogens is 3. The van der Waals surface area contributed by atoms with Gasteiger partial charge in [0.05, 0.1) is 0 Å². The normalized spacial score (nSPS) is 12.6. The van der Waals surface area contributed by atoms with Gasteiger partial charge in [0, 0.05) is 23.7 Å². The first-order valence-corrected chi connectivity index (χ1v) is 7.91. The van der Waals surface area contributed by atoms with E-state index in [2.05, 4.69) is 12.2 Å². The van der Waals surface area contributed by atoms with Crippen molar-refractivity contribution in [3.05, 3.63) is 35.1 Å². The van der Waals surface area contributed by atoms with Crippen molar-refractivity contribution in [3.63, 3.8) is 0 Å². The third kappa shape index (κ3) is 6.08. The molecule has 120 valence electrons. The summed E-state index contributed by atoms with van der Waals surface area (Å²) in [6.45, 7) is 2.18. The summed E-state index contributed by atoms with van der Waals surface area (Å²) in [4.78, 5) is 0. The maximum absolute atomic E-state index is 13.7. The van der Waals surface area contributed by atoms with Gasteiger partial charge in [-0.15, -0.1) is 0 Å². The molecule has 1 unspecified atom stereocenters. The molecule has 0 aliphatic carbocycles. The molecule has 0 aliphatic rings. The van der Waals surface area contributed by atoms with Gasteiger partial charge < -0.3 is 5.32 Å². The molecule has 0 saturated heterocycles. The summed E-state index contributed by atoms with van der Waals surface area (Å²) in [7, 11) is 1.67. The second-order valence-corrected chi connectivity index (χ2v) is 5.53. The summed E-state index contributed by atoms with van der Waals surface area (Å²) >= 11 is 0. The molecule has 0 heterocycles. The lowest BCUT2D eigenvalue weighted by molar-refractivity contribution is 0.443. The van der Waals surface area contributed by atoms with Crippen LogP contribution in [0.25, 0.3) is 0 Å². The van der Waals surface area contributed by atoms with E-state index in [1.807, 2.05) is 0 Å². The van der Waals surface area contributed by atoms with Crippen LogP contribution in [0.3, 0.4) is 0 Å². The van der Waals surface area contributed by atoms with Crippen molar-refractivity contribution in [1.82, 2.24) is 5.32 Å². The van der Waals surface area contributed by atoms with Crippen LogP contribution in [0.1, 0.15) is 69.9 Å². The molecule has 0 aliphatic heterocycles. The number of hydrogen-bond donors (Lipinski definition) is 1. The molecule has 0 amide bonds. The summed E-state index contributed by atoms with van der Waals surface area (Å²) in [6, 6.07) is 1.09. The maximum atomic E-state index is 13.7. The van der Waals surface area contributed by atoms with Crippen LogP contribution >= 0.6 is 0 Å². The van der Waals surface area contributed by atoms with Crippen molar-refractivity contribution in [2.45, 2.75) is 64.3 Å². The maximum Gasteiger partial charge on any atom is 0.133 e. The molecule has 0 radical (unpaired) electrons. The fourth-order valence-corrected chi connectivity index (χ4v) is 2.62. The lowest BCUT2D eigenvalue weighted by atomic mass is 9.98. The Kier molecular flexibility index (Phi) is 8.43. The third-order valence-electron chi connectivity index (χ3n) is 3.84. The number of nitrogens with one attached hydrogen (secondary N) is 1. The van der Waals surface area contributed by atoms with Gasteiger partial charge in [0.25, 0.3) is 0 Å². The molecule has 1 nitrogen and oxygen atoms in total. The van der Waals surface area contributed by atoms with Crippen molar-refractivity contribution in [3.8, 4) is 0 Å². The van der Waals surface area contributed by atoms with Gasteiger partial charge in [-0.25, -0.2) is 13.2 Å². The topological polar surface area (TPSA) is 12.0 Å². The highest BCUT2D eigenvalue weighted by atomic mass is 19.1.